The van der Waals surface area contributed by atoms with Gasteiger partial charge in [-0.25, -0.2) is 4.79 Å². The number of benzene rings is 2. The molecule has 0 saturated heterocycles. The third-order valence-corrected chi connectivity index (χ3v) is 4.57. The zero-order chi connectivity index (χ0) is 19.7. The van der Waals surface area contributed by atoms with E-state index < -0.39 is 5.63 Å². The number of carbonyl (C=O) groups is 1. The number of fused-ring (bicyclic) bond motifs is 2. The fourth-order valence-electron chi connectivity index (χ4n) is 3.09. The fraction of sp³-hybridized carbons (Fsp3) is 0.238. The van der Waals surface area contributed by atoms with Crippen molar-refractivity contribution in [2.45, 2.75) is 19.9 Å². The van der Waals surface area contributed by atoms with Crippen molar-refractivity contribution in [3.8, 4) is 17.2 Å². The zero-order valence-electron chi connectivity index (χ0n) is 15.5. The van der Waals surface area contributed by atoms with Crippen LogP contribution in [-0.2, 0) is 4.79 Å². The van der Waals surface area contributed by atoms with Gasteiger partial charge in [-0.15, -0.1) is 0 Å². The van der Waals surface area contributed by atoms with E-state index in [9.17, 15) is 9.59 Å². The van der Waals surface area contributed by atoms with Crippen LogP contribution < -0.4 is 25.2 Å². The molecule has 0 bridgehead atoms. The van der Waals surface area contributed by atoms with Crippen LogP contribution in [0, 0.1) is 6.92 Å². The summed E-state index contributed by atoms with van der Waals surface area (Å²) in [6.45, 7) is 3.77. The van der Waals surface area contributed by atoms with Gasteiger partial charge in [-0.1, -0.05) is 6.07 Å². The maximum Gasteiger partial charge on any atom is 0.336 e. The van der Waals surface area contributed by atoms with Crippen molar-refractivity contribution in [3.05, 3.63) is 64.0 Å². The van der Waals surface area contributed by atoms with E-state index in [4.69, 9.17) is 18.6 Å². The van der Waals surface area contributed by atoms with Crippen LogP contribution in [0.1, 0.15) is 24.1 Å². The van der Waals surface area contributed by atoms with Crippen molar-refractivity contribution < 1.29 is 23.4 Å². The van der Waals surface area contributed by atoms with Crippen LogP contribution in [0.3, 0.4) is 0 Å². The Morgan fingerprint density at radius 1 is 1.14 bits per heavy atom. The Hall–Kier alpha value is -3.48. The Morgan fingerprint density at radius 2 is 1.96 bits per heavy atom. The van der Waals surface area contributed by atoms with Crippen molar-refractivity contribution in [1.82, 2.24) is 5.32 Å². The van der Waals surface area contributed by atoms with Crippen molar-refractivity contribution in [2.75, 3.05) is 13.4 Å². The van der Waals surface area contributed by atoms with E-state index in [1.165, 1.54) is 6.07 Å². The molecule has 28 heavy (non-hydrogen) atoms. The summed E-state index contributed by atoms with van der Waals surface area (Å²) in [4.78, 5) is 23.8. The number of aryl methyl sites for hydroxylation is 1. The molecule has 0 radical (unpaired) electrons. The van der Waals surface area contributed by atoms with E-state index in [1.807, 2.05) is 32.0 Å². The molecule has 144 valence electrons. The molecule has 3 aromatic rings. The minimum Gasteiger partial charge on any atom is -0.484 e. The standard InChI is InChI=1S/C21H19NO6/c1-12-7-21(24)28-18-9-15(4-5-16(12)18)25-10-20(23)22-13(2)14-3-6-17-19(8-14)27-11-26-17/h3-9,13H,10-11H2,1-2H3,(H,22,23)/t13-/m0/s1. The molecular formula is C21H19NO6. The number of amides is 1. The molecule has 1 N–H and O–H groups in total. The van der Waals surface area contributed by atoms with Gasteiger partial charge in [0.25, 0.3) is 5.91 Å². The van der Waals surface area contributed by atoms with Crippen LogP contribution in [0.15, 0.2) is 51.7 Å². The number of rotatable bonds is 5. The van der Waals surface area contributed by atoms with Crippen molar-refractivity contribution in [2.24, 2.45) is 0 Å². The molecule has 1 aromatic heterocycles. The van der Waals surface area contributed by atoms with E-state index >= 15 is 0 Å². The van der Waals surface area contributed by atoms with E-state index in [-0.39, 0.29) is 25.3 Å². The van der Waals surface area contributed by atoms with Crippen LogP contribution in [-0.4, -0.2) is 19.3 Å². The lowest BCUT2D eigenvalue weighted by Crippen LogP contribution is -2.31. The van der Waals surface area contributed by atoms with Gasteiger partial charge < -0.3 is 23.9 Å². The van der Waals surface area contributed by atoms with Crippen LogP contribution >= 0.6 is 0 Å². The van der Waals surface area contributed by atoms with E-state index in [0.717, 1.165) is 16.5 Å². The summed E-state index contributed by atoms with van der Waals surface area (Å²) in [6.07, 6.45) is 0. The molecule has 2 aromatic carbocycles. The van der Waals surface area contributed by atoms with Crippen LogP contribution in [0.5, 0.6) is 17.2 Å². The van der Waals surface area contributed by atoms with Gasteiger partial charge >= 0.3 is 5.63 Å². The van der Waals surface area contributed by atoms with Gasteiger partial charge in [0, 0.05) is 17.5 Å². The number of hydrogen-bond donors (Lipinski definition) is 1. The Balaban J connectivity index is 1.39. The SMILES string of the molecule is Cc1cc(=O)oc2cc(OCC(=O)N[C@@H](C)c3ccc4c(c3)OCO4)ccc12. The Labute approximate surface area is 160 Å². The Morgan fingerprint density at radius 3 is 2.82 bits per heavy atom. The molecule has 0 aliphatic carbocycles. The minimum atomic E-state index is -0.419. The first kappa shape index (κ1) is 17.9. The Kier molecular flexibility index (Phi) is 4.65. The molecule has 0 saturated carbocycles. The molecule has 0 fully saturated rings. The third-order valence-electron chi connectivity index (χ3n) is 4.57. The molecule has 7 nitrogen and oxygen atoms in total. The van der Waals surface area contributed by atoms with Crippen molar-refractivity contribution in [3.63, 3.8) is 0 Å². The summed E-state index contributed by atoms with van der Waals surface area (Å²) >= 11 is 0. The lowest BCUT2D eigenvalue weighted by atomic mass is 10.1. The van der Waals surface area contributed by atoms with Gasteiger partial charge in [0.15, 0.2) is 18.1 Å². The van der Waals surface area contributed by atoms with Gasteiger partial charge in [-0.2, -0.15) is 0 Å². The smallest absolute Gasteiger partial charge is 0.336 e. The first-order valence-corrected chi connectivity index (χ1v) is 8.86. The monoisotopic (exact) mass is 381 g/mol. The highest BCUT2D eigenvalue weighted by atomic mass is 16.7. The summed E-state index contributed by atoms with van der Waals surface area (Å²) in [7, 11) is 0. The first-order valence-electron chi connectivity index (χ1n) is 8.86. The van der Waals surface area contributed by atoms with Gasteiger partial charge in [0.1, 0.15) is 11.3 Å². The van der Waals surface area contributed by atoms with Crippen LogP contribution in [0.25, 0.3) is 11.0 Å². The number of hydrogen-bond acceptors (Lipinski definition) is 6. The van der Waals surface area contributed by atoms with Crippen molar-refractivity contribution >= 4 is 16.9 Å². The second-order valence-corrected chi connectivity index (χ2v) is 6.60. The first-order chi connectivity index (χ1) is 13.5. The third kappa shape index (κ3) is 3.64. The predicted octanol–water partition coefficient (Wildman–Crippen LogP) is 3.09. The highest BCUT2D eigenvalue weighted by Gasteiger charge is 2.17. The molecule has 0 unspecified atom stereocenters. The lowest BCUT2D eigenvalue weighted by molar-refractivity contribution is -0.123. The normalized spacial score (nSPS) is 13.4. The van der Waals surface area contributed by atoms with E-state index in [0.29, 0.717) is 22.8 Å². The molecule has 1 amide bonds. The minimum absolute atomic E-state index is 0.156. The quantitative estimate of drug-likeness (QED) is 0.684. The molecule has 7 heteroatoms. The molecule has 2 heterocycles. The summed E-state index contributed by atoms with van der Waals surface area (Å²) in [5.41, 5.74) is 1.74. The van der Waals surface area contributed by atoms with Gasteiger partial charge in [-0.05, 0) is 49.2 Å². The molecular weight excluding hydrogens is 362 g/mol. The van der Waals surface area contributed by atoms with Gasteiger partial charge in [0.2, 0.25) is 6.79 Å². The topological polar surface area (TPSA) is 87.0 Å². The largest absolute Gasteiger partial charge is 0.484 e. The highest BCUT2D eigenvalue weighted by Crippen LogP contribution is 2.34. The summed E-state index contributed by atoms with van der Waals surface area (Å²) in [6, 6.07) is 11.9. The molecule has 1 aliphatic rings. The van der Waals surface area contributed by atoms with Gasteiger partial charge in [-0.3, -0.25) is 4.79 Å². The predicted molar refractivity (Wildman–Crippen MR) is 102 cm³/mol. The van der Waals surface area contributed by atoms with Crippen LogP contribution in [0.4, 0.5) is 0 Å². The molecule has 0 spiro atoms. The average Bonchev–Trinajstić information content (AvgIpc) is 3.13. The summed E-state index contributed by atoms with van der Waals surface area (Å²) in [5.74, 6) is 1.55. The number of nitrogens with one attached hydrogen (secondary N) is 1. The summed E-state index contributed by atoms with van der Waals surface area (Å²) in [5, 5.41) is 3.71. The average molecular weight is 381 g/mol. The second-order valence-electron chi connectivity index (χ2n) is 6.60. The number of ether oxygens (including phenoxy) is 3. The van der Waals surface area contributed by atoms with Gasteiger partial charge in [0.05, 0.1) is 6.04 Å². The molecule has 4 rings (SSSR count). The zero-order valence-corrected chi connectivity index (χ0v) is 15.5. The summed E-state index contributed by atoms with van der Waals surface area (Å²) < 4.78 is 21.4. The van der Waals surface area contributed by atoms with Crippen LogP contribution in [0.2, 0.25) is 0 Å². The lowest BCUT2D eigenvalue weighted by Gasteiger charge is -2.15. The maximum atomic E-state index is 12.2. The fourth-order valence-corrected chi connectivity index (χ4v) is 3.09. The maximum absolute atomic E-state index is 12.2. The van der Waals surface area contributed by atoms with E-state index in [1.54, 1.807) is 18.2 Å². The Bertz CT molecular complexity index is 1100. The second kappa shape index (κ2) is 7.26. The van der Waals surface area contributed by atoms with E-state index in [2.05, 4.69) is 5.32 Å². The molecule has 1 atom stereocenters. The number of carbonyl (C=O) groups excluding carboxylic acids is 1. The molecule has 1 aliphatic heterocycles. The van der Waals surface area contributed by atoms with Crippen molar-refractivity contribution in [1.29, 1.82) is 0 Å². The highest BCUT2D eigenvalue weighted by molar-refractivity contribution is 5.82.